The maximum Gasteiger partial charge on any atom is 0.264 e. The van der Waals surface area contributed by atoms with Crippen molar-refractivity contribution >= 4 is 21.6 Å². The second-order valence-electron chi connectivity index (χ2n) is 8.45. The molecule has 0 saturated carbocycles. The fourth-order valence-corrected chi connectivity index (χ4v) is 5.37. The van der Waals surface area contributed by atoms with E-state index in [0.29, 0.717) is 29.6 Å². The van der Waals surface area contributed by atoms with E-state index in [1.54, 1.807) is 24.3 Å². The standard InChI is InChI=1S/C25H34N2O5S/c1-5-7-8-19(6-2)16-26-25(28)24-17-27(22-15-18(3)9-14-23(22)32-24)33(29,30)21-12-10-20(31-4)11-13-21/h9-15,19,24H,5-8,16-17H2,1-4H3,(H,26,28)/t19-,24+/m1/s1. The van der Waals surface area contributed by atoms with E-state index in [1.807, 2.05) is 13.0 Å². The molecule has 2 aromatic rings. The fraction of sp³-hybridized carbons (Fsp3) is 0.480. The summed E-state index contributed by atoms with van der Waals surface area (Å²) in [4.78, 5) is 13.1. The molecule has 1 heterocycles. The van der Waals surface area contributed by atoms with Gasteiger partial charge in [-0.25, -0.2) is 8.42 Å². The third kappa shape index (κ3) is 5.79. The number of nitrogens with one attached hydrogen (secondary N) is 1. The predicted molar refractivity (Wildman–Crippen MR) is 129 cm³/mol. The van der Waals surface area contributed by atoms with Gasteiger partial charge in [-0.15, -0.1) is 0 Å². The Morgan fingerprint density at radius 2 is 1.94 bits per heavy atom. The van der Waals surface area contributed by atoms with Crippen molar-refractivity contribution in [2.45, 2.75) is 57.5 Å². The van der Waals surface area contributed by atoms with Gasteiger partial charge in [0.05, 0.1) is 24.2 Å². The molecule has 0 saturated heterocycles. The topological polar surface area (TPSA) is 84.9 Å². The monoisotopic (exact) mass is 474 g/mol. The summed E-state index contributed by atoms with van der Waals surface area (Å²) in [6.07, 6.45) is 3.33. The normalized spacial score (nSPS) is 16.5. The molecule has 1 amide bonds. The van der Waals surface area contributed by atoms with Crippen molar-refractivity contribution in [1.82, 2.24) is 5.32 Å². The van der Waals surface area contributed by atoms with Gasteiger partial charge in [-0.1, -0.05) is 39.2 Å². The quantitative estimate of drug-likeness (QED) is 0.555. The van der Waals surface area contributed by atoms with Crippen LogP contribution in [-0.4, -0.2) is 40.6 Å². The number of unbranched alkanes of at least 4 members (excludes halogenated alkanes) is 1. The molecular weight excluding hydrogens is 440 g/mol. The van der Waals surface area contributed by atoms with Gasteiger partial charge in [0.1, 0.15) is 11.5 Å². The summed E-state index contributed by atoms with van der Waals surface area (Å²) in [6.45, 7) is 6.62. The Bertz CT molecular complexity index is 1050. The van der Waals surface area contributed by atoms with Crippen LogP contribution >= 0.6 is 0 Å². The summed E-state index contributed by atoms with van der Waals surface area (Å²) in [5.41, 5.74) is 1.33. The van der Waals surface area contributed by atoms with Crippen LogP contribution in [0.2, 0.25) is 0 Å². The van der Waals surface area contributed by atoms with Crippen LogP contribution in [-0.2, 0) is 14.8 Å². The van der Waals surface area contributed by atoms with Crippen molar-refractivity contribution in [1.29, 1.82) is 0 Å². The summed E-state index contributed by atoms with van der Waals surface area (Å²) >= 11 is 0. The fourth-order valence-electron chi connectivity index (χ4n) is 3.90. The van der Waals surface area contributed by atoms with Crippen LogP contribution in [0, 0.1) is 12.8 Å². The lowest BCUT2D eigenvalue weighted by atomic mass is 9.99. The number of rotatable bonds is 10. The zero-order chi connectivity index (χ0) is 24.0. The number of hydrogen-bond donors (Lipinski definition) is 1. The molecule has 180 valence electrons. The lowest BCUT2D eigenvalue weighted by Crippen LogP contribution is -2.51. The van der Waals surface area contributed by atoms with Crippen LogP contribution in [0.25, 0.3) is 0 Å². The second kappa shape index (κ2) is 10.9. The van der Waals surface area contributed by atoms with Crippen molar-refractivity contribution in [2.75, 3.05) is 24.5 Å². The van der Waals surface area contributed by atoms with Crippen molar-refractivity contribution < 1.29 is 22.7 Å². The van der Waals surface area contributed by atoms with Gasteiger partial charge < -0.3 is 14.8 Å². The molecule has 0 aromatic heterocycles. The van der Waals surface area contributed by atoms with Gasteiger partial charge in [0.15, 0.2) is 6.10 Å². The number of carbonyl (C=O) groups excluding carboxylic acids is 1. The first kappa shape index (κ1) is 24.9. The average molecular weight is 475 g/mol. The van der Waals surface area contributed by atoms with Gasteiger partial charge in [0.25, 0.3) is 15.9 Å². The highest BCUT2D eigenvalue weighted by Gasteiger charge is 2.37. The number of methoxy groups -OCH3 is 1. The highest BCUT2D eigenvalue weighted by atomic mass is 32.2. The molecule has 0 fully saturated rings. The van der Waals surface area contributed by atoms with E-state index in [2.05, 4.69) is 19.2 Å². The number of benzene rings is 2. The molecule has 0 spiro atoms. The van der Waals surface area contributed by atoms with E-state index in [-0.39, 0.29) is 17.3 Å². The van der Waals surface area contributed by atoms with Gasteiger partial charge in [-0.3, -0.25) is 9.10 Å². The number of ether oxygens (including phenoxy) is 2. The maximum atomic E-state index is 13.6. The lowest BCUT2D eigenvalue weighted by molar-refractivity contribution is -0.127. The Morgan fingerprint density at radius 3 is 2.58 bits per heavy atom. The van der Waals surface area contributed by atoms with Crippen molar-refractivity contribution in [2.24, 2.45) is 5.92 Å². The minimum absolute atomic E-state index is 0.0948. The number of carbonyl (C=O) groups is 1. The van der Waals surface area contributed by atoms with Gasteiger partial charge >= 0.3 is 0 Å². The Kier molecular flexibility index (Phi) is 8.24. The van der Waals surface area contributed by atoms with Gasteiger partial charge in [0, 0.05) is 6.54 Å². The first-order valence-electron chi connectivity index (χ1n) is 11.5. The summed E-state index contributed by atoms with van der Waals surface area (Å²) in [5.74, 6) is 1.04. The van der Waals surface area contributed by atoms with Gasteiger partial charge in [-0.2, -0.15) is 0 Å². The molecule has 33 heavy (non-hydrogen) atoms. The largest absolute Gasteiger partial charge is 0.497 e. The Hall–Kier alpha value is -2.74. The second-order valence-corrected chi connectivity index (χ2v) is 10.3. The summed E-state index contributed by atoms with van der Waals surface area (Å²) in [7, 11) is -2.39. The van der Waals surface area contributed by atoms with Crippen molar-refractivity contribution in [3.8, 4) is 11.5 Å². The summed E-state index contributed by atoms with van der Waals surface area (Å²) in [6, 6.07) is 11.6. The van der Waals surface area contributed by atoms with E-state index in [9.17, 15) is 13.2 Å². The van der Waals surface area contributed by atoms with Crippen molar-refractivity contribution in [3.05, 3.63) is 48.0 Å². The zero-order valence-corrected chi connectivity index (χ0v) is 20.7. The lowest BCUT2D eigenvalue weighted by Gasteiger charge is -2.35. The molecule has 1 aliphatic rings. The van der Waals surface area contributed by atoms with Crippen LogP contribution in [0.15, 0.2) is 47.4 Å². The highest BCUT2D eigenvalue weighted by Crippen LogP contribution is 2.38. The van der Waals surface area contributed by atoms with Crippen LogP contribution < -0.4 is 19.1 Å². The molecule has 2 aromatic carbocycles. The first-order valence-corrected chi connectivity index (χ1v) is 13.0. The number of anilines is 1. The molecule has 1 aliphatic heterocycles. The molecule has 0 unspecified atom stereocenters. The Balaban J connectivity index is 1.85. The SMILES string of the molecule is CCCC[C@@H](CC)CNC(=O)[C@@H]1CN(S(=O)(=O)c2ccc(OC)cc2)c2cc(C)ccc2O1. The number of aryl methyl sites for hydroxylation is 1. The highest BCUT2D eigenvalue weighted by molar-refractivity contribution is 7.92. The molecule has 2 atom stereocenters. The molecule has 0 bridgehead atoms. The predicted octanol–water partition coefficient (Wildman–Crippen LogP) is 4.29. The van der Waals surface area contributed by atoms with Crippen molar-refractivity contribution in [3.63, 3.8) is 0 Å². The van der Waals surface area contributed by atoms with Gasteiger partial charge in [-0.05, 0) is 61.2 Å². The maximum absolute atomic E-state index is 13.6. The van der Waals surface area contributed by atoms with Gasteiger partial charge in [0.2, 0.25) is 0 Å². The Morgan fingerprint density at radius 1 is 1.21 bits per heavy atom. The van der Waals surface area contributed by atoms with Crippen LogP contribution in [0.3, 0.4) is 0 Å². The minimum atomic E-state index is -3.91. The number of sulfonamides is 1. The smallest absolute Gasteiger partial charge is 0.264 e. The Labute approximate surface area is 197 Å². The minimum Gasteiger partial charge on any atom is -0.497 e. The number of hydrogen-bond acceptors (Lipinski definition) is 5. The van der Waals surface area contributed by atoms with E-state index >= 15 is 0 Å². The average Bonchev–Trinajstić information content (AvgIpc) is 2.83. The third-order valence-electron chi connectivity index (χ3n) is 6.03. The summed E-state index contributed by atoms with van der Waals surface area (Å²) in [5, 5.41) is 2.98. The molecule has 0 aliphatic carbocycles. The van der Waals surface area contributed by atoms with E-state index in [1.165, 1.54) is 23.5 Å². The number of fused-ring (bicyclic) bond motifs is 1. The first-order chi connectivity index (χ1) is 15.8. The van der Waals surface area contributed by atoms with Crippen LogP contribution in [0.1, 0.15) is 45.1 Å². The van der Waals surface area contributed by atoms with E-state index < -0.39 is 16.1 Å². The molecule has 0 radical (unpaired) electrons. The molecule has 1 N–H and O–H groups in total. The number of amides is 1. The zero-order valence-electron chi connectivity index (χ0n) is 19.8. The third-order valence-corrected chi connectivity index (χ3v) is 7.83. The number of nitrogens with zero attached hydrogens (tertiary/aromatic N) is 1. The van der Waals surface area contributed by atoms with E-state index in [0.717, 1.165) is 31.2 Å². The molecule has 3 rings (SSSR count). The van der Waals surface area contributed by atoms with E-state index in [4.69, 9.17) is 9.47 Å². The molecule has 7 nitrogen and oxygen atoms in total. The molecular formula is C25H34N2O5S. The van der Waals surface area contributed by atoms with Crippen LogP contribution in [0.5, 0.6) is 11.5 Å². The molecule has 8 heteroatoms. The van der Waals surface area contributed by atoms with Crippen LogP contribution in [0.4, 0.5) is 5.69 Å². The summed E-state index contributed by atoms with van der Waals surface area (Å²) < 4.78 is 39.5.